The lowest BCUT2D eigenvalue weighted by Gasteiger charge is -2.32. The van der Waals surface area contributed by atoms with Gasteiger partial charge in [0.05, 0.1) is 22.0 Å². The van der Waals surface area contributed by atoms with Crippen LogP contribution in [-0.4, -0.2) is 50.5 Å². The lowest BCUT2D eigenvalue weighted by atomic mass is 10.1. The zero-order valence-electron chi connectivity index (χ0n) is 20.1. The summed E-state index contributed by atoms with van der Waals surface area (Å²) in [6.07, 6.45) is 1.80. The second-order valence-corrected chi connectivity index (χ2v) is 11.0. The van der Waals surface area contributed by atoms with Gasteiger partial charge in [-0.1, -0.05) is 48.3 Å². The minimum Gasteiger partial charge on any atom is -0.354 e. The summed E-state index contributed by atoms with van der Waals surface area (Å²) in [4.78, 5) is 27.6. The molecule has 2 amide bonds. The number of nitrogens with one attached hydrogen (secondary N) is 1. The normalized spacial score (nSPS) is 12.2. The number of halogens is 2. The Labute approximate surface area is 212 Å². The average Bonchev–Trinajstić information content (AvgIpc) is 2.76. The van der Waals surface area contributed by atoms with Gasteiger partial charge in [-0.3, -0.25) is 13.9 Å². The van der Waals surface area contributed by atoms with Crippen LogP contribution in [0.3, 0.4) is 0 Å². The van der Waals surface area contributed by atoms with Gasteiger partial charge in [0.1, 0.15) is 12.6 Å². The van der Waals surface area contributed by atoms with E-state index in [0.717, 1.165) is 22.5 Å². The number of rotatable bonds is 10. The van der Waals surface area contributed by atoms with Gasteiger partial charge in [0.2, 0.25) is 21.8 Å². The van der Waals surface area contributed by atoms with Crippen LogP contribution in [0.5, 0.6) is 0 Å². The molecule has 7 nitrogen and oxygen atoms in total. The highest BCUT2D eigenvalue weighted by atomic mass is 35.5. The van der Waals surface area contributed by atoms with Crippen molar-refractivity contribution in [2.45, 2.75) is 46.7 Å². The Morgan fingerprint density at radius 3 is 2.32 bits per heavy atom. The summed E-state index contributed by atoms with van der Waals surface area (Å²) in [7, 11) is -3.78. The summed E-state index contributed by atoms with van der Waals surface area (Å²) in [5.41, 5.74) is 2.67. The van der Waals surface area contributed by atoms with E-state index in [0.29, 0.717) is 33.4 Å². The standard InChI is InChI=1S/C24H31Cl2N3O4S/c1-6-11-27-24(31)18(4)28(14-19-9-10-20(25)21(26)13-19)23(30)15-29(34(5,32)33)22-12-16(2)7-8-17(22)3/h7-10,12-13,18H,6,11,14-15H2,1-5H3,(H,27,31)/t18-/m0/s1. The number of sulfonamides is 1. The van der Waals surface area contributed by atoms with Crippen molar-refractivity contribution in [3.8, 4) is 0 Å². The van der Waals surface area contributed by atoms with Gasteiger partial charge in [0, 0.05) is 13.1 Å². The van der Waals surface area contributed by atoms with E-state index >= 15 is 0 Å². The summed E-state index contributed by atoms with van der Waals surface area (Å²) >= 11 is 12.2. The molecule has 0 aliphatic heterocycles. The molecule has 1 N–H and O–H groups in total. The quantitative estimate of drug-likeness (QED) is 0.498. The summed E-state index contributed by atoms with van der Waals surface area (Å²) in [6.45, 7) is 7.25. The van der Waals surface area contributed by atoms with Gasteiger partial charge in [-0.25, -0.2) is 8.42 Å². The van der Waals surface area contributed by atoms with Crippen molar-refractivity contribution in [3.63, 3.8) is 0 Å². The molecule has 186 valence electrons. The average molecular weight is 529 g/mol. The van der Waals surface area contributed by atoms with Crippen molar-refractivity contribution < 1.29 is 18.0 Å². The summed E-state index contributed by atoms with van der Waals surface area (Å²) in [5, 5.41) is 3.49. The van der Waals surface area contributed by atoms with Crippen LogP contribution in [0, 0.1) is 13.8 Å². The molecule has 0 unspecified atom stereocenters. The number of hydrogen-bond donors (Lipinski definition) is 1. The minimum atomic E-state index is -3.78. The molecule has 0 fully saturated rings. The second-order valence-electron chi connectivity index (χ2n) is 8.30. The number of carbonyl (C=O) groups excluding carboxylic acids is 2. The van der Waals surface area contributed by atoms with E-state index in [4.69, 9.17) is 23.2 Å². The predicted octanol–water partition coefficient (Wildman–Crippen LogP) is 4.32. The van der Waals surface area contributed by atoms with Crippen LogP contribution in [0.25, 0.3) is 0 Å². The third kappa shape index (κ3) is 7.35. The fourth-order valence-electron chi connectivity index (χ4n) is 3.40. The van der Waals surface area contributed by atoms with Crippen LogP contribution >= 0.6 is 23.2 Å². The maximum atomic E-state index is 13.5. The van der Waals surface area contributed by atoms with Crippen LogP contribution in [0.2, 0.25) is 10.0 Å². The number of carbonyl (C=O) groups is 2. The molecule has 0 saturated carbocycles. The maximum absolute atomic E-state index is 13.5. The zero-order valence-corrected chi connectivity index (χ0v) is 22.4. The number of amides is 2. The number of nitrogens with zero attached hydrogens (tertiary/aromatic N) is 2. The molecule has 0 aromatic heterocycles. The molecule has 0 radical (unpaired) electrons. The van der Waals surface area contributed by atoms with E-state index in [1.165, 1.54) is 4.90 Å². The van der Waals surface area contributed by atoms with E-state index in [1.807, 2.05) is 26.0 Å². The fourth-order valence-corrected chi connectivity index (χ4v) is 4.62. The highest BCUT2D eigenvalue weighted by molar-refractivity contribution is 7.92. The number of anilines is 1. The van der Waals surface area contributed by atoms with Crippen molar-refractivity contribution in [3.05, 3.63) is 63.1 Å². The van der Waals surface area contributed by atoms with E-state index in [1.54, 1.807) is 38.1 Å². The maximum Gasteiger partial charge on any atom is 0.244 e. The summed E-state index contributed by atoms with van der Waals surface area (Å²) in [6, 6.07) is 9.52. The van der Waals surface area contributed by atoms with Crippen molar-refractivity contribution in [1.82, 2.24) is 10.2 Å². The third-order valence-corrected chi connectivity index (χ3v) is 7.23. The second kappa shape index (κ2) is 11.9. The van der Waals surface area contributed by atoms with Gasteiger partial charge in [-0.2, -0.15) is 0 Å². The van der Waals surface area contributed by atoms with Gasteiger partial charge in [-0.05, 0) is 62.1 Å². The Balaban J connectivity index is 2.44. The molecular formula is C24H31Cl2N3O4S. The third-order valence-electron chi connectivity index (χ3n) is 5.37. The van der Waals surface area contributed by atoms with Crippen LogP contribution in [0.1, 0.15) is 37.0 Å². The van der Waals surface area contributed by atoms with Gasteiger partial charge in [-0.15, -0.1) is 0 Å². The van der Waals surface area contributed by atoms with Gasteiger partial charge in [0.15, 0.2) is 0 Å². The molecule has 0 heterocycles. The number of aryl methyl sites for hydroxylation is 2. The highest BCUT2D eigenvalue weighted by Gasteiger charge is 2.30. The van der Waals surface area contributed by atoms with Crippen molar-refractivity contribution in [2.75, 3.05) is 23.7 Å². The van der Waals surface area contributed by atoms with Crippen LogP contribution < -0.4 is 9.62 Å². The highest BCUT2D eigenvalue weighted by Crippen LogP contribution is 2.26. The van der Waals surface area contributed by atoms with Crippen LogP contribution in [-0.2, 0) is 26.2 Å². The number of hydrogen-bond acceptors (Lipinski definition) is 4. The minimum absolute atomic E-state index is 0.0564. The van der Waals surface area contributed by atoms with E-state index in [-0.39, 0.29) is 12.5 Å². The molecular weight excluding hydrogens is 497 g/mol. The zero-order chi connectivity index (χ0) is 25.6. The van der Waals surface area contributed by atoms with Gasteiger partial charge < -0.3 is 10.2 Å². The predicted molar refractivity (Wildman–Crippen MR) is 138 cm³/mol. The Hall–Kier alpha value is -2.29. The molecule has 0 spiro atoms. The molecule has 0 aliphatic rings. The molecule has 10 heteroatoms. The first-order valence-corrected chi connectivity index (χ1v) is 13.5. The van der Waals surface area contributed by atoms with Crippen LogP contribution in [0.15, 0.2) is 36.4 Å². The molecule has 1 atom stereocenters. The van der Waals surface area contributed by atoms with E-state index in [9.17, 15) is 18.0 Å². The first-order chi connectivity index (χ1) is 15.8. The van der Waals surface area contributed by atoms with E-state index < -0.39 is 28.5 Å². The Morgan fingerprint density at radius 2 is 1.74 bits per heavy atom. The largest absolute Gasteiger partial charge is 0.354 e. The SMILES string of the molecule is CCCNC(=O)[C@H](C)N(Cc1ccc(Cl)c(Cl)c1)C(=O)CN(c1cc(C)ccc1C)S(C)(=O)=O. The molecule has 34 heavy (non-hydrogen) atoms. The first kappa shape index (κ1) is 28.0. The monoisotopic (exact) mass is 527 g/mol. The smallest absolute Gasteiger partial charge is 0.244 e. The Bertz CT molecular complexity index is 1150. The topological polar surface area (TPSA) is 86.8 Å². The molecule has 2 aromatic rings. The fraction of sp³-hybridized carbons (Fsp3) is 0.417. The summed E-state index contributed by atoms with van der Waals surface area (Å²) in [5.74, 6) is -0.843. The van der Waals surface area contributed by atoms with Crippen LogP contribution in [0.4, 0.5) is 5.69 Å². The summed E-state index contributed by atoms with van der Waals surface area (Å²) < 4.78 is 26.4. The molecule has 0 bridgehead atoms. The number of benzene rings is 2. The lowest BCUT2D eigenvalue weighted by molar-refractivity contribution is -0.139. The Kier molecular flexibility index (Phi) is 9.79. The van der Waals surface area contributed by atoms with Crippen molar-refractivity contribution in [1.29, 1.82) is 0 Å². The molecule has 0 saturated heterocycles. The van der Waals surface area contributed by atoms with Gasteiger partial charge >= 0.3 is 0 Å². The molecule has 2 rings (SSSR count). The first-order valence-electron chi connectivity index (χ1n) is 10.9. The lowest BCUT2D eigenvalue weighted by Crippen LogP contribution is -2.51. The molecule has 0 aliphatic carbocycles. The molecule has 2 aromatic carbocycles. The Morgan fingerprint density at radius 1 is 1.06 bits per heavy atom. The van der Waals surface area contributed by atoms with E-state index in [2.05, 4.69) is 5.32 Å². The van der Waals surface area contributed by atoms with Crippen molar-refractivity contribution in [2.24, 2.45) is 0 Å². The van der Waals surface area contributed by atoms with Gasteiger partial charge in [0.25, 0.3) is 0 Å². The van der Waals surface area contributed by atoms with Crippen molar-refractivity contribution >= 4 is 50.7 Å².